The van der Waals surface area contributed by atoms with Gasteiger partial charge in [-0.3, -0.25) is 4.99 Å². The Morgan fingerprint density at radius 1 is 1.60 bits per heavy atom. The zero-order chi connectivity index (χ0) is 7.82. The van der Waals surface area contributed by atoms with Gasteiger partial charge in [-0.25, -0.2) is 0 Å². The Bertz CT molecular complexity index is 103. The average Bonchev–Trinajstić information content (AvgIpc) is 1.98. The molecule has 0 rings (SSSR count). The summed E-state index contributed by atoms with van der Waals surface area (Å²) in [6.07, 6.45) is 3.22. The van der Waals surface area contributed by atoms with Crippen LogP contribution in [0.5, 0.6) is 0 Å². The van der Waals surface area contributed by atoms with Gasteiger partial charge in [0.15, 0.2) is 0 Å². The lowest BCUT2D eigenvalue weighted by atomic mass is 10.2. The van der Waals surface area contributed by atoms with E-state index in [1.54, 1.807) is 0 Å². The maximum atomic E-state index is 11.4. The van der Waals surface area contributed by atoms with Crippen molar-refractivity contribution in [1.82, 2.24) is 5.54 Å². The predicted molar refractivity (Wildman–Crippen MR) is 40.3 cm³/mol. The lowest BCUT2D eigenvalue weighted by Gasteiger charge is -1.94. The van der Waals surface area contributed by atoms with Gasteiger partial charge in [0, 0.05) is 6.54 Å². The summed E-state index contributed by atoms with van der Waals surface area (Å²) in [5, 5.41) is 0. The van der Waals surface area contributed by atoms with Crippen molar-refractivity contribution in [3.8, 4) is 0 Å². The van der Waals surface area contributed by atoms with E-state index >= 15 is 0 Å². The van der Waals surface area contributed by atoms with Crippen LogP contribution in [0, 0.1) is 0 Å². The number of hydrogen-bond donors (Lipinski definition) is 2. The molecule has 3 N–H and O–H groups in total. The highest BCUT2D eigenvalue weighted by molar-refractivity contribution is 5.76. The highest BCUT2D eigenvalue weighted by Crippen LogP contribution is 1.92. The van der Waals surface area contributed by atoms with Crippen LogP contribution >= 0.6 is 0 Å². The third-order valence-electron chi connectivity index (χ3n) is 1.14. The third-order valence-corrected chi connectivity index (χ3v) is 1.14. The lowest BCUT2D eigenvalue weighted by Crippen LogP contribution is -2.24. The molecular formula is C6H14FN3. The van der Waals surface area contributed by atoms with Gasteiger partial charge in [0.2, 0.25) is 5.96 Å². The number of aliphatic imine (C=N–C) groups is 1. The number of nitrogens with one attached hydrogen (secondary N) is 1. The molecule has 0 heterocycles. The van der Waals surface area contributed by atoms with Crippen molar-refractivity contribution in [2.24, 2.45) is 10.7 Å². The predicted octanol–water partition coefficient (Wildman–Crippen LogP) is 0.965. The van der Waals surface area contributed by atoms with E-state index in [0.29, 0.717) is 6.54 Å². The largest absolute Gasteiger partial charge is 0.368 e. The normalized spacial score (nSPS) is 11.6. The Hall–Kier alpha value is -0.800. The van der Waals surface area contributed by atoms with Crippen LogP contribution < -0.4 is 11.3 Å². The van der Waals surface area contributed by atoms with Gasteiger partial charge in [-0.05, 0) is 6.42 Å². The molecule has 0 aliphatic carbocycles. The summed E-state index contributed by atoms with van der Waals surface area (Å²) in [5.41, 5.74) is 6.29. The summed E-state index contributed by atoms with van der Waals surface area (Å²) in [7, 11) is 0. The van der Waals surface area contributed by atoms with Crippen LogP contribution in [0.1, 0.15) is 26.2 Å². The molecule has 0 fully saturated rings. The maximum Gasteiger partial charge on any atom is 0.217 e. The smallest absolute Gasteiger partial charge is 0.217 e. The molecule has 0 spiro atoms. The Kier molecular flexibility index (Phi) is 5.82. The zero-order valence-corrected chi connectivity index (χ0v) is 6.23. The Labute approximate surface area is 60.4 Å². The average molecular weight is 147 g/mol. The fourth-order valence-electron chi connectivity index (χ4n) is 0.591. The second kappa shape index (κ2) is 6.32. The molecule has 0 unspecified atom stereocenters. The fourth-order valence-corrected chi connectivity index (χ4v) is 0.591. The van der Waals surface area contributed by atoms with Gasteiger partial charge in [-0.2, -0.15) is 5.54 Å². The van der Waals surface area contributed by atoms with E-state index in [2.05, 4.69) is 11.9 Å². The first kappa shape index (κ1) is 9.20. The van der Waals surface area contributed by atoms with E-state index < -0.39 is 0 Å². The molecule has 0 aromatic heterocycles. The Morgan fingerprint density at radius 2 is 2.30 bits per heavy atom. The molecule has 0 aromatic rings. The highest BCUT2D eigenvalue weighted by Gasteiger charge is 1.86. The molecule has 0 aliphatic rings. The van der Waals surface area contributed by atoms with Crippen molar-refractivity contribution in [2.45, 2.75) is 26.2 Å². The number of hydrogen-bond acceptors (Lipinski definition) is 1. The van der Waals surface area contributed by atoms with Gasteiger partial charge >= 0.3 is 0 Å². The molecular weight excluding hydrogens is 133 g/mol. The topological polar surface area (TPSA) is 50.4 Å². The molecule has 4 heteroatoms. The number of unbranched alkanes of at least 4 members (excludes halogenated alkanes) is 2. The highest BCUT2D eigenvalue weighted by atomic mass is 19.2. The first-order valence-electron chi connectivity index (χ1n) is 3.47. The first-order chi connectivity index (χ1) is 4.81. The van der Waals surface area contributed by atoms with E-state index in [4.69, 9.17) is 5.73 Å². The molecule has 0 aliphatic heterocycles. The van der Waals surface area contributed by atoms with Crippen LogP contribution in [0.15, 0.2) is 4.99 Å². The minimum atomic E-state index is -0.129. The molecule has 3 nitrogen and oxygen atoms in total. The molecule has 0 radical (unpaired) electrons. The maximum absolute atomic E-state index is 11.4. The van der Waals surface area contributed by atoms with Crippen molar-refractivity contribution in [1.29, 1.82) is 0 Å². The van der Waals surface area contributed by atoms with Crippen molar-refractivity contribution >= 4 is 5.96 Å². The van der Waals surface area contributed by atoms with E-state index in [9.17, 15) is 4.48 Å². The van der Waals surface area contributed by atoms with Crippen molar-refractivity contribution in [3.63, 3.8) is 0 Å². The molecule has 0 amide bonds. The van der Waals surface area contributed by atoms with Crippen LogP contribution in [-0.4, -0.2) is 12.5 Å². The second-order valence-electron chi connectivity index (χ2n) is 2.07. The van der Waals surface area contributed by atoms with Crippen molar-refractivity contribution in [2.75, 3.05) is 6.54 Å². The molecule has 0 saturated heterocycles. The lowest BCUT2D eigenvalue weighted by molar-refractivity contribution is 0.429. The fraction of sp³-hybridized carbons (Fsp3) is 0.833. The zero-order valence-electron chi connectivity index (χ0n) is 6.23. The van der Waals surface area contributed by atoms with E-state index in [1.165, 1.54) is 5.54 Å². The van der Waals surface area contributed by atoms with Crippen LogP contribution in [-0.2, 0) is 0 Å². The quantitative estimate of drug-likeness (QED) is 0.269. The second-order valence-corrected chi connectivity index (χ2v) is 2.07. The van der Waals surface area contributed by atoms with Gasteiger partial charge in [-0.15, -0.1) is 4.48 Å². The Morgan fingerprint density at radius 3 is 2.80 bits per heavy atom. The minimum absolute atomic E-state index is 0.129. The number of halogens is 1. The van der Waals surface area contributed by atoms with Crippen molar-refractivity contribution in [3.05, 3.63) is 0 Å². The first-order valence-corrected chi connectivity index (χ1v) is 3.47. The van der Waals surface area contributed by atoms with E-state index in [0.717, 1.165) is 19.3 Å². The summed E-state index contributed by atoms with van der Waals surface area (Å²) in [5.74, 6) is -0.129. The number of rotatable bonds is 4. The van der Waals surface area contributed by atoms with Crippen LogP contribution in [0.3, 0.4) is 0 Å². The molecule has 10 heavy (non-hydrogen) atoms. The molecule has 0 aromatic carbocycles. The standard InChI is InChI=1S/C6H14FN3/c1-2-3-4-5-9-6(8)10-7/h2-5H2,1H3,(H3,8,9,10). The van der Waals surface area contributed by atoms with Gasteiger partial charge < -0.3 is 5.73 Å². The van der Waals surface area contributed by atoms with Crippen molar-refractivity contribution < 1.29 is 4.48 Å². The number of nitrogens with two attached hydrogens (primary N) is 1. The van der Waals surface area contributed by atoms with E-state index in [1.807, 2.05) is 0 Å². The van der Waals surface area contributed by atoms with Crippen LogP contribution in [0.4, 0.5) is 4.48 Å². The number of nitrogens with zero attached hydrogens (tertiary/aromatic N) is 1. The van der Waals surface area contributed by atoms with Gasteiger partial charge in [-0.1, -0.05) is 19.8 Å². The summed E-state index contributed by atoms with van der Waals surface area (Å²) in [4.78, 5) is 3.69. The molecule has 0 saturated carbocycles. The third kappa shape index (κ3) is 5.34. The van der Waals surface area contributed by atoms with Gasteiger partial charge in [0.05, 0.1) is 0 Å². The monoisotopic (exact) mass is 147 g/mol. The molecule has 60 valence electrons. The summed E-state index contributed by atoms with van der Waals surface area (Å²) >= 11 is 0. The van der Waals surface area contributed by atoms with Crippen LogP contribution in [0.2, 0.25) is 0 Å². The molecule has 0 atom stereocenters. The van der Waals surface area contributed by atoms with E-state index in [-0.39, 0.29) is 5.96 Å². The van der Waals surface area contributed by atoms with Gasteiger partial charge in [0.1, 0.15) is 0 Å². The number of guanidine groups is 1. The SMILES string of the molecule is CCCCCN=C(N)NF. The summed E-state index contributed by atoms with van der Waals surface area (Å²) in [6.45, 7) is 2.71. The molecule has 0 bridgehead atoms. The summed E-state index contributed by atoms with van der Waals surface area (Å²) < 4.78 is 11.4. The minimum Gasteiger partial charge on any atom is -0.368 e. The van der Waals surface area contributed by atoms with Crippen LogP contribution in [0.25, 0.3) is 0 Å². The Balaban J connectivity index is 3.16. The van der Waals surface area contributed by atoms with Gasteiger partial charge in [0.25, 0.3) is 0 Å². The summed E-state index contributed by atoms with van der Waals surface area (Å²) in [6, 6.07) is 0.